The van der Waals surface area contributed by atoms with E-state index in [0.29, 0.717) is 5.82 Å². The van der Waals surface area contributed by atoms with Crippen LogP contribution in [0.3, 0.4) is 0 Å². The molecule has 0 aliphatic carbocycles. The second kappa shape index (κ2) is 4.96. The second-order valence-electron chi connectivity index (χ2n) is 3.62. The Morgan fingerprint density at radius 3 is 2.44 bits per heavy atom. The molecule has 0 amide bonds. The summed E-state index contributed by atoms with van der Waals surface area (Å²) >= 11 is 4.98. The number of nitrogens with zero attached hydrogens (tertiary/aromatic N) is 3. The zero-order valence-electron chi connectivity index (χ0n) is 9.25. The van der Waals surface area contributed by atoms with Gasteiger partial charge in [-0.25, -0.2) is 15.0 Å². The quantitative estimate of drug-likeness (QED) is 0.716. The summed E-state index contributed by atoms with van der Waals surface area (Å²) in [5.74, 6) is 0.672. The van der Waals surface area contributed by atoms with Crippen LogP contribution < -0.4 is 0 Å². The van der Waals surface area contributed by atoms with E-state index in [2.05, 4.69) is 30.9 Å². The maximum Gasteiger partial charge on any atom is 0.188 e. The molecule has 0 fully saturated rings. The van der Waals surface area contributed by atoms with Gasteiger partial charge in [0.1, 0.15) is 0 Å². The van der Waals surface area contributed by atoms with Gasteiger partial charge in [0.2, 0.25) is 0 Å². The molecule has 1 aromatic carbocycles. The Balaban J connectivity index is 1.97. The minimum atomic E-state index is 0.672. The maximum atomic E-state index is 4.56. The van der Waals surface area contributed by atoms with Crippen molar-refractivity contribution in [1.82, 2.24) is 15.0 Å². The highest BCUT2D eigenvalue weighted by Crippen LogP contribution is 2.27. The molecule has 3 aromatic rings. The van der Waals surface area contributed by atoms with Crippen LogP contribution in [0.5, 0.6) is 0 Å². The molecule has 3 rings (SSSR count). The Bertz CT molecular complexity index is 650. The van der Waals surface area contributed by atoms with Crippen LogP contribution in [0.2, 0.25) is 0 Å². The Morgan fingerprint density at radius 2 is 1.72 bits per heavy atom. The van der Waals surface area contributed by atoms with E-state index in [1.165, 1.54) is 0 Å². The fourth-order valence-corrected chi connectivity index (χ4v) is 2.58. The van der Waals surface area contributed by atoms with E-state index < -0.39 is 0 Å². The first-order valence-corrected chi connectivity index (χ1v) is 6.99. The minimum absolute atomic E-state index is 0.672. The average Bonchev–Trinajstić information content (AvgIpc) is 2.90. The zero-order chi connectivity index (χ0) is 12.4. The van der Waals surface area contributed by atoms with Gasteiger partial charge in [0.15, 0.2) is 10.8 Å². The third-order valence-electron chi connectivity index (χ3n) is 2.40. The molecule has 0 saturated carbocycles. The molecular weight excluding hydrogens is 310 g/mol. The number of hydrogen-bond donors (Lipinski definition) is 0. The average molecular weight is 318 g/mol. The predicted octanol–water partition coefficient (Wildman–Crippen LogP) is 4.03. The Hall–Kier alpha value is -1.59. The zero-order valence-corrected chi connectivity index (χ0v) is 11.6. The van der Waals surface area contributed by atoms with Gasteiger partial charge in [0.05, 0.1) is 5.69 Å². The number of thiazole rings is 1. The minimum Gasteiger partial charge on any atom is -0.234 e. The highest BCUT2D eigenvalue weighted by molar-refractivity contribution is 9.10. The van der Waals surface area contributed by atoms with Crippen LogP contribution >= 0.6 is 27.3 Å². The lowest BCUT2D eigenvalue weighted by Gasteiger charge is -1.96. The lowest BCUT2D eigenvalue weighted by atomic mass is 10.2. The van der Waals surface area contributed by atoms with Crippen molar-refractivity contribution >= 4 is 27.3 Å². The number of benzene rings is 1. The molecule has 3 nitrogen and oxygen atoms in total. The SMILES string of the molecule is Brc1ccc(-c2csc(-c3ncccn3)n2)cc1. The van der Waals surface area contributed by atoms with Gasteiger partial charge in [-0.2, -0.15) is 0 Å². The first-order valence-electron chi connectivity index (χ1n) is 5.32. The van der Waals surface area contributed by atoms with Gasteiger partial charge < -0.3 is 0 Å². The summed E-state index contributed by atoms with van der Waals surface area (Å²) in [5.41, 5.74) is 2.05. The standard InChI is InChI=1S/C13H8BrN3S/c14-10-4-2-9(3-5-10)11-8-18-13(17-11)12-15-6-1-7-16-12/h1-8H. The molecule has 0 unspecified atom stereocenters. The Labute approximate surface area is 117 Å². The topological polar surface area (TPSA) is 38.7 Å². The van der Waals surface area contributed by atoms with E-state index in [1.54, 1.807) is 29.8 Å². The van der Waals surface area contributed by atoms with Gasteiger partial charge in [0.25, 0.3) is 0 Å². The molecule has 0 saturated heterocycles. The number of aromatic nitrogens is 3. The first kappa shape index (κ1) is 11.5. The fraction of sp³-hybridized carbons (Fsp3) is 0. The van der Waals surface area contributed by atoms with Crippen molar-refractivity contribution in [2.45, 2.75) is 0 Å². The molecule has 0 N–H and O–H groups in total. The third-order valence-corrected chi connectivity index (χ3v) is 3.77. The fourth-order valence-electron chi connectivity index (χ4n) is 1.54. The molecule has 2 aromatic heterocycles. The Morgan fingerprint density at radius 1 is 1.00 bits per heavy atom. The van der Waals surface area contributed by atoms with Gasteiger partial charge in [-0.05, 0) is 18.2 Å². The van der Waals surface area contributed by atoms with Crippen molar-refractivity contribution in [1.29, 1.82) is 0 Å². The van der Waals surface area contributed by atoms with Crippen LogP contribution in [-0.2, 0) is 0 Å². The normalized spacial score (nSPS) is 10.5. The van der Waals surface area contributed by atoms with Crippen LogP contribution in [0.1, 0.15) is 0 Å². The molecule has 0 spiro atoms. The molecule has 0 radical (unpaired) electrons. The van der Waals surface area contributed by atoms with E-state index in [4.69, 9.17) is 0 Å². The van der Waals surface area contributed by atoms with Crippen molar-refractivity contribution in [2.24, 2.45) is 0 Å². The van der Waals surface area contributed by atoms with E-state index in [0.717, 1.165) is 20.7 Å². The first-order chi connectivity index (χ1) is 8.83. The summed E-state index contributed by atoms with van der Waals surface area (Å²) in [6.45, 7) is 0. The summed E-state index contributed by atoms with van der Waals surface area (Å²) < 4.78 is 1.06. The van der Waals surface area contributed by atoms with Gasteiger partial charge >= 0.3 is 0 Å². The number of hydrogen-bond acceptors (Lipinski definition) is 4. The van der Waals surface area contributed by atoms with Crippen LogP contribution in [0, 0.1) is 0 Å². The van der Waals surface area contributed by atoms with Crippen molar-refractivity contribution in [3.05, 3.63) is 52.6 Å². The van der Waals surface area contributed by atoms with Gasteiger partial charge in [0, 0.05) is 27.8 Å². The Kier molecular flexibility index (Phi) is 3.17. The maximum absolute atomic E-state index is 4.56. The lowest BCUT2D eigenvalue weighted by molar-refractivity contribution is 1.16. The van der Waals surface area contributed by atoms with Crippen molar-refractivity contribution in [3.63, 3.8) is 0 Å². The molecule has 18 heavy (non-hydrogen) atoms. The van der Waals surface area contributed by atoms with Crippen LogP contribution in [0.25, 0.3) is 22.1 Å². The highest BCUT2D eigenvalue weighted by Gasteiger charge is 2.08. The molecule has 0 aliphatic heterocycles. The molecule has 0 atom stereocenters. The van der Waals surface area contributed by atoms with Gasteiger partial charge in [-0.15, -0.1) is 11.3 Å². The number of rotatable bonds is 2. The summed E-state index contributed by atoms with van der Waals surface area (Å²) in [5, 5.41) is 2.86. The monoisotopic (exact) mass is 317 g/mol. The van der Waals surface area contributed by atoms with E-state index >= 15 is 0 Å². The molecule has 0 aliphatic rings. The second-order valence-corrected chi connectivity index (χ2v) is 5.39. The van der Waals surface area contributed by atoms with Gasteiger partial charge in [-0.1, -0.05) is 28.1 Å². The molecule has 88 valence electrons. The largest absolute Gasteiger partial charge is 0.234 e. The van der Waals surface area contributed by atoms with Crippen molar-refractivity contribution in [2.75, 3.05) is 0 Å². The third kappa shape index (κ3) is 2.32. The van der Waals surface area contributed by atoms with Crippen molar-refractivity contribution < 1.29 is 0 Å². The molecule has 0 bridgehead atoms. The summed E-state index contributed by atoms with van der Waals surface area (Å²) in [4.78, 5) is 13.0. The smallest absolute Gasteiger partial charge is 0.188 e. The summed E-state index contributed by atoms with van der Waals surface area (Å²) in [7, 11) is 0. The van der Waals surface area contributed by atoms with Crippen LogP contribution in [0.4, 0.5) is 0 Å². The summed E-state index contributed by atoms with van der Waals surface area (Å²) in [6, 6.07) is 9.89. The van der Waals surface area contributed by atoms with Crippen molar-refractivity contribution in [3.8, 4) is 22.1 Å². The van der Waals surface area contributed by atoms with Crippen LogP contribution in [0.15, 0.2) is 52.6 Å². The van der Waals surface area contributed by atoms with E-state index in [1.807, 2.05) is 29.6 Å². The van der Waals surface area contributed by atoms with E-state index in [-0.39, 0.29) is 0 Å². The molecular formula is C13H8BrN3S. The molecule has 5 heteroatoms. The van der Waals surface area contributed by atoms with Gasteiger partial charge in [-0.3, -0.25) is 0 Å². The predicted molar refractivity (Wildman–Crippen MR) is 76.3 cm³/mol. The van der Waals surface area contributed by atoms with Crippen LogP contribution in [-0.4, -0.2) is 15.0 Å². The number of halogens is 1. The highest BCUT2D eigenvalue weighted by atomic mass is 79.9. The summed E-state index contributed by atoms with van der Waals surface area (Å²) in [6.07, 6.45) is 3.45. The lowest BCUT2D eigenvalue weighted by Crippen LogP contribution is -1.85. The molecule has 2 heterocycles. The van der Waals surface area contributed by atoms with E-state index in [9.17, 15) is 0 Å².